The molecule has 0 aliphatic carbocycles. The van der Waals surface area contributed by atoms with Crippen molar-refractivity contribution in [1.29, 1.82) is 0 Å². The summed E-state index contributed by atoms with van der Waals surface area (Å²) in [7, 11) is 0. The van der Waals surface area contributed by atoms with E-state index in [2.05, 4.69) is 36.9 Å². The third-order valence-electron chi connectivity index (χ3n) is 2.51. The molecule has 1 aromatic rings. The number of anilines is 1. The molecule has 6 heteroatoms. The van der Waals surface area contributed by atoms with Crippen LogP contribution in [0.3, 0.4) is 0 Å². The molecule has 0 fully saturated rings. The fourth-order valence-corrected chi connectivity index (χ4v) is 1.88. The molecule has 1 rings (SSSR count). The van der Waals surface area contributed by atoms with Crippen molar-refractivity contribution in [2.24, 2.45) is 4.99 Å². The molecule has 0 aromatic heterocycles. The summed E-state index contributed by atoms with van der Waals surface area (Å²) in [6.07, 6.45) is 0.352. The summed E-state index contributed by atoms with van der Waals surface area (Å²) in [6, 6.07) is 7.80. The molecule has 0 saturated carbocycles. The Balaban J connectivity index is 2.42. The number of guanidine groups is 1. The molecule has 0 atom stereocenters. The Morgan fingerprint density at radius 2 is 1.95 bits per heavy atom. The maximum atomic E-state index is 11.8. The number of carbonyl (C=O) groups excluding carboxylic acids is 1. The molecule has 21 heavy (non-hydrogen) atoms. The normalized spacial score (nSPS) is 11.4. The number of nitrogens with one attached hydrogen (secondary N) is 3. The third kappa shape index (κ3) is 7.70. The third-order valence-corrected chi connectivity index (χ3v) is 3.04. The van der Waals surface area contributed by atoms with Crippen LogP contribution in [-0.4, -0.2) is 31.0 Å². The van der Waals surface area contributed by atoms with E-state index in [9.17, 15) is 4.79 Å². The predicted octanol–water partition coefficient (Wildman–Crippen LogP) is 2.74. The minimum absolute atomic E-state index is 0.0403. The van der Waals surface area contributed by atoms with E-state index in [1.807, 2.05) is 45.0 Å². The van der Waals surface area contributed by atoms with Crippen LogP contribution < -0.4 is 16.0 Å². The highest BCUT2D eigenvalue weighted by Gasteiger charge is 2.03. The van der Waals surface area contributed by atoms with Crippen LogP contribution in [0, 0.1) is 0 Å². The fraction of sp³-hybridized carbons (Fsp3) is 0.467. The Bertz CT molecular complexity index is 471. The lowest BCUT2D eigenvalue weighted by molar-refractivity contribution is -0.116. The van der Waals surface area contributed by atoms with Gasteiger partial charge in [-0.25, -0.2) is 0 Å². The van der Waals surface area contributed by atoms with Crippen LogP contribution in [0.2, 0.25) is 0 Å². The number of benzene rings is 1. The summed E-state index contributed by atoms with van der Waals surface area (Å²) in [6.45, 7) is 7.35. The van der Waals surface area contributed by atoms with Crippen LogP contribution in [0.25, 0.3) is 0 Å². The molecule has 0 saturated heterocycles. The zero-order valence-corrected chi connectivity index (χ0v) is 14.3. The first-order valence-corrected chi connectivity index (χ1v) is 7.90. The van der Waals surface area contributed by atoms with Gasteiger partial charge in [0.25, 0.3) is 0 Å². The van der Waals surface area contributed by atoms with E-state index in [1.54, 1.807) is 0 Å². The first kappa shape index (κ1) is 17.5. The number of hydrogen-bond donors (Lipinski definition) is 3. The molecule has 3 N–H and O–H groups in total. The lowest BCUT2D eigenvalue weighted by Gasteiger charge is -2.13. The standard InChI is InChI=1S/C15H23BrN4O/c1-4-17-15(19-11(2)3)18-10-9-14(21)20-13-7-5-12(16)6-8-13/h5-8,11H,4,9-10H2,1-3H3,(H,20,21)(H2,17,18,19). The Kier molecular flexibility index (Phi) is 7.82. The van der Waals surface area contributed by atoms with Crippen molar-refractivity contribution in [3.8, 4) is 0 Å². The second-order valence-electron chi connectivity index (χ2n) is 4.86. The van der Waals surface area contributed by atoms with Gasteiger partial charge in [0.15, 0.2) is 5.96 Å². The smallest absolute Gasteiger partial charge is 0.226 e. The van der Waals surface area contributed by atoms with Gasteiger partial charge in [0.2, 0.25) is 5.91 Å². The first-order valence-electron chi connectivity index (χ1n) is 7.11. The summed E-state index contributed by atoms with van der Waals surface area (Å²) >= 11 is 3.36. The number of nitrogens with zero attached hydrogens (tertiary/aromatic N) is 1. The van der Waals surface area contributed by atoms with Crippen molar-refractivity contribution in [3.05, 3.63) is 28.7 Å². The number of halogens is 1. The number of carbonyl (C=O) groups is 1. The Morgan fingerprint density at radius 1 is 1.29 bits per heavy atom. The fourth-order valence-electron chi connectivity index (χ4n) is 1.62. The molecule has 0 heterocycles. The zero-order valence-electron chi connectivity index (χ0n) is 12.7. The Morgan fingerprint density at radius 3 is 2.52 bits per heavy atom. The second-order valence-corrected chi connectivity index (χ2v) is 5.78. The number of hydrogen-bond acceptors (Lipinski definition) is 2. The topological polar surface area (TPSA) is 65.5 Å². The SMILES string of the molecule is CCNC(=NCCC(=O)Nc1ccc(Br)cc1)NC(C)C. The zero-order chi connectivity index (χ0) is 15.7. The molecular formula is C15H23BrN4O. The molecule has 0 bridgehead atoms. The highest BCUT2D eigenvalue weighted by Crippen LogP contribution is 2.14. The molecule has 116 valence electrons. The number of rotatable bonds is 6. The van der Waals surface area contributed by atoms with Crippen molar-refractivity contribution in [3.63, 3.8) is 0 Å². The highest BCUT2D eigenvalue weighted by molar-refractivity contribution is 9.10. The van der Waals surface area contributed by atoms with Gasteiger partial charge in [-0.2, -0.15) is 0 Å². The maximum absolute atomic E-state index is 11.8. The number of amides is 1. The van der Waals surface area contributed by atoms with E-state index in [4.69, 9.17) is 0 Å². The van der Waals surface area contributed by atoms with Gasteiger partial charge in [0, 0.05) is 29.2 Å². The molecule has 0 unspecified atom stereocenters. The van der Waals surface area contributed by atoms with Crippen molar-refractivity contribution >= 4 is 33.5 Å². The van der Waals surface area contributed by atoms with Crippen molar-refractivity contribution in [2.45, 2.75) is 33.2 Å². The van der Waals surface area contributed by atoms with Gasteiger partial charge in [0.05, 0.1) is 6.54 Å². The van der Waals surface area contributed by atoms with Gasteiger partial charge in [-0.15, -0.1) is 0 Å². The molecule has 0 aliphatic rings. The molecule has 1 aromatic carbocycles. The van der Waals surface area contributed by atoms with E-state index >= 15 is 0 Å². The van der Waals surface area contributed by atoms with Crippen LogP contribution in [0.15, 0.2) is 33.7 Å². The predicted molar refractivity (Wildman–Crippen MR) is 91.6 cm³/mol. The lowest BCUT2D eigenvalue weighted by Crippen LogP contribution is -2.41. The van der Waals surface area contributed by atoms with Gasteiger partial charge in [-0.05, 0) is 45.0 Å². The number of aliphatic imine (C=N–C) groups is 1. The molecule has 5 nitrogen and oxygen atoms in total. The molecule has 1 amide bonds. The summed E-state index contributed by atoms with van der Waals surface area (Å²) in [5, 5.41) is 9.20. The van der Waals surface area contributed by atoms with E-state index in [1.165, 1.54) is 0 Å². The quantitative estimate of drug-likeness (QED) is 0.543. The highest BCUT2D eigenvalue weighted by atomic mass is 79.9. The van der Waals surface area contributed by atoms with Gasteiger partial charge in [-0.3, -0.25) is 9.79 Å². The Hall–Kier alpha value is -1.56. The van der Waals surface area contributed by atoms with E-state index in [0.717, 1.165) is 22.7 Å². The summed E-state index contributed by atoms with van der Waals surface area (Å²) < 4.78 is 0.986. The molecular weight excluding hydrogens is 332 g/mol. The van der Waals surface area contributed by atoms with E-state index in [0.29, 0.717) is 19.0 Å². The summed E-state index contributed by atoms with van der Waals surface area (Å²) in [5.74, 6) is 0.699. The first-order chi connectivity index (χ1) is 10.0. The molecule has 0 aliphatic heterocycles. The summed E-state index contributed by atoms with van der Waals surface area (Å²) in [5.41, 5.74) is 0.791. The minimum atomic E-state index is -0.0403. The van der Waals surface area contributed by atoms with Crippen LogP contribution in [0.5, 0.6) is 0 Å². The monoisotopic (exact) mass is 354 g/mol. The molecule has 0 radical (unpaired) electrons. The average molecular weight is 355 g/mol. The van der Waals surface area contributed by atoms with Crippen molar-refractivity contribution < 1.29 is 4.79 Å². The largest absolute Gasteiger partial charge is 0.357 e. The summed E-state index contributed by atoms with van der Waals surface area (Å²) in [4.78, 5) is 16.2. The average Bonchev–Trinajstić information content (AvgIpc) is 2.41. The van der Waals surface area contributed by atoms with Gasteiger partial charge in [-0.1, -0.05) is 15.9 Å². The second kappa shape index (κ2) is 9.39. The van der Waals surface area contributed by atoms with Gasteiger partial charge >= 0.3 is 0 Å². The lowest BCUT2D eigenvalue weighted by atomic mass is 10.3. The van der Waals surface area contributed by atoms with E-state index < -0.39 is 0 Å². The van der Waals surface area contributed by atoms with Crippen LogP contribution >= 0.6 is 15.9 Å². The van der Waals surface area contributed by atoms with Crippen LogP contribution in [0.4, 0.5) is 5.69 Å². The van der Waals surface area contributed by atoms with E-state index in [-0.39, 0.29) is 5.91 Å². The van der Waals surface area contributed by atoms with Crippen LogP contribution in [0.1, 0.15) is 27.2 Å². The van der Waals surface area contributed by atoms with Crippen molar-refractivity contribution in [1.82, 2.24) is 10.6 Å². The van der Waals surface area contributed by atoms with Gasteiger partial charge < -0.3 is 16.0 Å². The van der Waals surface area contributed by atoms with Gasteiger partial charge in [0.1, 0.15) is 0 Å². The van der Waals surface area contributed by atoms with Crippen molar-refractivity contribution in [2.75, 3.05) is 18.4 Å². The van der Waals surface area contributed by atoms with Crippen LogP contribution in [-0.2, 0) is 4.79 Å². The minimum Gasteiger partial charge on any atom is -0.357 e. The maximum Gasteiger partial charge on any atom is 0.226 e. The molecule has 0 spiro atoms. The Labute approximate surface area is 134 Å².